The van der Waals surface area contributed by atoms with Gasteiger partial charge in [0.05, 0.1) is 50.3 Å². The Bertz CT molecular complexity index is 644. The molecule has 3 heterocycles. The van der Waals surface area contributed by atoms with Gasteiger partial charge in [0.2, 0.25) is 5.91 Å². The van der Waals surface area contributed by atoms with Gasteiger partial charge in [0, 0.05) is 17.2 Å². The van der Waals surface area contributed by atoms with Gasteiger partial charge in [0.25, 0.3) is 0 Å². The van der Waals surface area contributed by atoms with E-state index in [2.05, 4.69) is 34.8 Å². The van der Waals surface area contributed by atoms with Crippen LogP contribution in [0.1, 0.15) is 11.8 Å². The second-order valence-corrected chi connectivity index (χ2v) is 7.64. The van der Waals surface area contributed by atoms with Crippen molar-refractivity contribution in [3.63, 3.8) is 0 Å². The van der Waals surface area contributed by atoms with E-state index in [9.17, 15) is 4.79 Å². The van der Waals surface area contributed by atoms with Crippen LogP contribution >= 0.6 is 22.7 Å². The van der Waals surface area contributed by atoms with E-state index < -0.39 is 0 Å². The van der Waals surface area contributed by atoms with Gasteiger partial charge in [-0.1, -0.05) is 0 Å². The first-order valence-electron chi connectivity index (χ1n) is 7.47. The molecule has 1 saturated heterocycles. The van der Waals surface area contributed by atoms with E-state index in [1.807, 2.05) is 0 Å². The zero-order valence-electron chi connectivity index (χ0n) is 12.9. The Morgan fingerprint density at radius 1 is 1.41 bits per heavy atom. The maximum atomic E-state index is 11.0. The number of hydrogen-bond donors (Lipinski definition) is 2. The Labute approximate surface area is 138 Å². The van der Waals surface area contributed by atoms with Crippen LogP contribution in [0.3, 0.4) is 0 Å². The number of nitrogens with zero attached hydrogens (tertiary/aromatic N) is 2. The van der Waals surface area contributed by atoms with Crippen LogP contribution in [0.2, 0.25) is 0 Å². The van der Waals surface area contributed by atoms with Crippen molar-refractivity contribution in [2.24, 2.45) is 0 Å². The summed E-state index contributed by atoms with van der Waals surface area (Å²) >= 11 is 3.42. The minimum Gasteiger partial charge on any atom is -0.351 e. The Morgan fingerprint density at radius 3 is 2.91 bits per heavy atom. The molecule has 1 amide bonds. The molecule has 2 N–H and O–H groups in total. The minimum absolute atomic E-state index is 0.00286. The van der Waals surface area contributed by atoms with Crippen LogP contribution in [0.25, 0.3) is 10.6 Å². The van der Waals surface area contributed by atoms with Crippen molar-refractivity contribution in [2.45, 2.75) is 13.5 Å². The van der Waals surface area contributed by atoms with Crippen LogP contribution in [-0.2, 0) is 11.3 Å². The van der Waals surface area contributed by atoms with Gasteiger partial charge >= 0.3 is 0 Å². The molecule has 0 atom stereocenters. The number of thiophene rings is 1. The van der Waals surface area contributed by atoms with Crippen molar-refractivity contribution in [3.05, 3.63) is 22.4 Å². The lowest BCUT2D eigenvalue weighted by molar-refractivity contribution is -0.880. The fourth-order valence-electron chi connectivity index (χ4n) is 2.42. The van der Waals surface area contributed by atoms with Gasteiger partial charge < -0.3 is 15.1 Å². The summed E-state index contributed by atoms with van der Waals surface area (Å²) in [6.07, 6.45) is 0. The molecule has 1 aliphatic rings. The van der Waals surface area contributed by atoms with E-state index in [1.54, 1.807) is 34.5 Å². The molecule has 5 nitrogen and oxygen atoms in total. The van der Waals surface area contributed by atoms with Crippen molar-refractivity contribution in [1.82, 2.24) is 10.3 Å². The molecule has 22 heavy (non-hydrogen) atoms. The molecule has 7 heteroatoms. The average molecular weight is 337 g/mol. The number of thiazole rings is 1. The molecule has 0 unspecified atom stereocenters. The number of piperazine rings is 1. The molecule has 0 saturated carbocycles. The average Bonchev–Trinajstić information content (AvgIpc) is 3.15. The van der Waals surface area contributed by atoms with Gasteiger partial charge in [-0.3, -0.25) is 4.79 Å². The molecule has 0 aliphatic carbocycles. The number of carbonyl (C=O) groups excluding carboxylic acids is 1. The second-order valence-electron chi connectivity index (χ2n) is 5.64. The van der Waals surface area contributed by atoms with Crippen LogP contribution in [-0.4, -0.2) is 44.1 Å². The van der Waals surface area contributed by atoms with Crippen molar-refractivity contribution in [3.8, 4) is 10.6 Å². The lowest BCUT2D eigenvalue weighted by Gasteiger charge is -2.29. The Morgan fingerprint density at radius 2 is 2.18 bits per heavy atom. The Balaban J connectivity index is 1.67. The largest absolute Gasteiger partial charge is 0.351 e. The van der Waals surface area contributed by atoms with Gasteiger partial charge in [-0.2, -0.15) is 0 Å². The molecule has 0 spiro atoms. The van der Waals surface area contributed by atoms with E-state index in [1.165, 1.54) is 18.0 Å². The Hall–Kier alpha value is -1.44. The van der Waals surface area contributed by atoms with E-state index in [4.69, 9.17) is 4.98 Å². The second kappa shape index (κ2) is 6.76. The summed E-state index contributed by atoms with van der Waals surface area (Å²) in [6.45, 7) is 6.65. The summed E-state index contributed by atoms with van der Waals surface area (Å²) in [7, 11) is 2.24. The van der Waals surface area contributed by atoms with Gasteiger partial charge in [0.1, 0.15) is 0 Å². The molecule has 0 aromatic carbocycles. The molecular formula is C15H21N4OS2+. The third kappa shape index (κ3) is 3.66. The number of anilines is 1. The van der Waals surface area contributed by atoms with Crippen LogP contribution in [0, 0.1) is 0 Å². The normalized spacial score (nSPS) is 16.0. The minimum atomic E-state index is 0.00286. The maximum Gasteiger partial charge on any atom is 0.217 e. The summed E-state index contributed by atoms with van der Waals surface area (Å²) in [6, 6.07) is 4.16. The summed E-state index contributed by atoms with van der Waals surface area (Å²) in [4.78, 5) is 22.1. The molecule has 3 rings (SSSR count). The number of hydrogen-bond acceptors (Lipinski definition) is 5. The first-order valence-corrected chi connectivity index (χ1v) is 9.17. The van der Waals surface area contributed by atoms with Gasteiger partial charge in [-0.05, 0) is 12.1 Å². The quantitative estimate of drug-likeness (QED) is 0.869. The number of rotatable bonds is 4. The third-order valence-electron chi connectivity index (χ3n) is 3.81. The number of amides is 1. The van der Waals surface area contributed by atoms with Crippen LogP contribution in [0.5, 0.6) is 0 Å². The molecule has 0 radical (unpaired) electrons. The predicted octanol–water partition coefficient (Wildman–Crippen LogP) is 0.842. The number of quaternary nitrogens is 1. The standard InChI is InChI=1S/C15H20N4OS2/c1-11(20)16-9-12-3-4-14(22-12)13-10-21-15(17-13)19-7-5-18(2)6-8-19/h3-4,10H,5-9H2,1-2H3,(H,16,20)/p+1. The fourth-order valence-corrected chi connectivity index (χ4v) is 4.29. The molecule has 1 fully saturated rings. The fraction of sp³-hybridized carbons (Fsp3) is 0.467. The number of likely N-dealkylation sites (N-methyl/N-ethyl adjacent to an activating group) is 1. The zero-order chi connectivity index (χ0) is 15.5. The number of aromatic nitrogens is 1. The molecule has 2 aromatic rings. The smallest absolute Gasteiger partial charge is 0.217 e. The summed E-state index contributed by atoms with van der Waals surface area (Å²) in [5.74, 6) is 0.00286. The maximum absolute atomic E-state index is 11.0. The summed E-state index contributed by atoms with van der Waals surface area (Å²) in [5.41, 5.74) is 1.05. The topological polar surface area (TPSA) is 49.7 Å². The van der Waals surface area contributed by atoms with Crippen LogP contribution in [0.15, 0.2) is 17.5 Å². The van der Waals surface area contributed by atoms with Crippen LogP contribution < -0.4 is 15.1 Å². The molecule has 2 aromatic heterocycles. The highest BCUT2D eigenvalue weighted by molar-refractivity contribution is 7.17. The van der Waals surface area contributed by atoms with E-state index in [0.717, 1.165) is 28.8 Å². The van der Waals surface area contributed by atoms with Gasteiger partial charge in [-0.25, -0.2) is 4.98 Å². The Kier molecular flexibility index (Phi) is 4.75. The van der Waals surface area contributed by atoms with Crippen molar-refractivity contribution < 1.29 is 9.69 Å². The first-order chi connectivity index (χ1) is 10.6. The highest BCUT2D eigenvalue weighted by Crippen LogP contribution is 2.32. The van der Waals surface area contributed by atoms with E-state index in [-0.39, 0.29) is 5.91 Å². The van der Waals surface area contributed by atoms with Crippen molar-refractivity contribution >= 4 is 33.7 Å². The highest BCUT2D eigenvalue weighted by Gasteiger charge is 2.19. The lowest BCUT2D eigenvalue weighted by Crippen LogP contribution is -3.12. The van der Waals surface area contributed by atoms with E-state index in [0.29, 0.717) is 6.54 Å². The zero-order valence-corrected chi connectivity index (χ0v) is 14.5. The first kappa shape index (κ1) is 15.5. The highest BCUT2D eigenvalue weighted by atomic mass is 32.1. The van der Waals surface area contributed by atoms with Gasteiger partial charge in [-0.15, -0.1) is 22.7 Å². The summed E-state index contributed by atoms with van der Waals surface area (Å²) in [5, 5.41) is 6.09. The van der Waals surface area contributed by atoms with Crippen molar-refractivity contribution in [2.75, 3.05) is 38.1 Å². The molecule has 0 bridgehead atoms. The predicted molar refractivity (Wildman–Crippen MR) is 91.8 cm³/mol. The molecular weight excluding hydrogens is 316 g/mol. The lowest BCUT2D eigenvalue weighted by atomic mass is 10.3. The number of nitrogens with one attached hydrogen (secondary N) is 2. The van der Waals surface area contributed by atoms with Gasteiger partial charge in [0.15, 0.2) is 5.13 Å². The van der Waals surface area contributed by atoms with Crippen molar-refractivity contribution in [1.29, 1.82) is 0 Å². The number of carbonyl (C=O) groups is 1. The molecule has 118 valence electrons. The van der Waals surface area contributed by atoms with E-state index >= 15 is 0 Å². The third-order valence-corrected chi connectivity index (χ3v) is 5.81. The SMILES string of the molecule is CC(=O)NCc1ccc(-c2csc(N3CC[NH+](C)CC3)n2)s1. The van der Waals surface area contributed by atoms with Crippen LogP contribution in [0.4, 0.5) is 5.13 Å². The summed E-state index contributed by atoms with van der Waals surface area (Å²) < 4.78 is 0. The molecule has 1 aliphatic heterocycles. The monoisotopic (exact) mass is 337 g/mol.